The van der Waals surface area contributed by atoms with E-state index in [9.17, 15) is 32.7 Å². The number of aliphatic hydroxyl groups excluding tert-OH is 1. The molecule has 1 heterocycles. The second-order valence-electron chi connectivity index (χ2n) is 5.09. The first-order valence-electron chi connectivity index (χ1n) is 6.72. The first-order valence-corrected chi connectivity index (χ1v) is 6.72. The zero-order valence-corrected chi connectivity index (χ0v) is 12.6. The topological polar surface area (TPSA) is 74.7 Å². The van der Waals surface area contributed by atoms with Crippen molar-refractivity contribution < 1.29 is 32.7 Å². The van der Waals surface area contributed by atoms with E-state index in [4.69, 9.17) is 0 Å². The molecular weight excluding hydrogens is 327 g/mol. The summed E-state index contributed by atoms with van der Waals surface area (Å²) in [6, 6.07) is 3.90. The molecule has 0 aromatic heterocycles. The lowest BCUT2D eigenvalue weighted by atomic mass is 10.1. The van der Waals surface area contributed by atoms with Crippen molar-refractivity contribution >= 4 is 23.7 Å². The van der Waals surface area contributed by atoms with Crippen LogP contribution in [0.25, 0.3) is 6.08 Å². The Morgan fingerprint density at radius 3 is 2.08 bits per heavy atom. The van der Waals surface area contributed by atoms with Crippen molar-refractivity contribution in [1.29, 1.82) is 0 Å². The van der Waals surface area contributed by atoms with Gasteiger partial charge in [-0.2, -0.15) is 13.2 Å². The van der Waals surface area contributed by atoms with E-state index in [0.29, 0.717) is 4.90 Å². The molecule has 0 radical (unpaired) electrons. The quantitative estimate of drug-likeness (QED) is 0.841. The summed E-state index contributed by atoms with van der Waals surface area (Å²) in [5.74, 6) is -3.10. The number of nitrogens with zero attached hydrogens (tertiary/aromatic N) is 1. The van der Waals surface area contributed by atoms with Crippen LogP contribution >= 0.6 is 0 Å². The van der Waals surface area contributed by atoms with Gasteiger partial charge < -0.3 is 5.11 Å². The van der Waals surface area contributed by atoms with Gasteiger partial charge in [0.05, 0.1) is 11.3 Å². The molecule has 0 saturated heterocycles. The molecule has 126 valence electrons. The van der Waals surface area contributed by atoms with Crippen LogP contribution in [0.5, 0.6) is 0 Å². The van der Waals surface area contributed by atoms with Gasteiger partial charge in [0.2, 0.25) is 5.91 Å². The molecule has 1 aromatic rings. The molecule has 0 saturated carbocycles. The molecule has 0 bridgehead atoms. The van der Waals surface area contributed by atoms with Crippen molar-refractivity contribution in [3.05, 3.63) is 52.4 Å². The third kappa shape index (κ3) is 3.08. The van der Waals surface area contributed by atoms with Crippen molar-refractivity contribution in [3.63, 3.8) is 0 Å². The van der Waals surface area contributed by atoms with Crippen molar-refractivity contribution in [2.45, 2.75) is 20.0 Å². The summed E-state index contributed by atoms with van der Waals surface area (Å²) in [4.78, 5) is 35.7. The summed E-state index contributed by atoms with van der Waals surface area (Å²) in [6.45, 7) is 2.12. The van der Waals surface area contributed by atoms with Crippen molar-refractivity contribution in [1.82, 2.24) is 4.90 Å². The smallest absolute Gasteiger partial charge is 0.416 e. The number of hydrogen-bond donors (Lipinski definition) is 1. The van der Waals surface area contributed by atoms with E-state index in [1.165, 1.54) is 0 Å². The Labute approximate surface area is 134 Å². The van der Waals surface area contributed by atoms with Crippen LogP contribution in [0.4, 0.5) is 13.2 Å². The number of carbonyl (C=O) groups is 3. The normalized spacial score (nSPS) is 17.0. The Kier molecular flexibility index (Phi) is 4.33. The molecular formula is C16H12F3NO4. The SMILES string of the molecule is CC(=O)C1=C(O)/C(=C/c2ccc(C(F)(F)F)cc2)N(C(C)=O)C1=O. The van der Waals surface area contributed by atoms with Gasteiger partial charge in [0.1, 0.15) is 5.57 Å². The summed E-state index contributed by atoms with van der Waals surface area (Å²) in [7, 11) is 0. The maximum Gasteiger partial charge on any atom is 0.416 e. The van der Waals surface area contributed by atoms with Gasteiger partial charge in [-0.05, 0) is 30.7 Å². The zero-order valence-electron chi connectivity index (χ0n) is 12.6. The highest BCUT2D eigenvalue weighted by molar-refractivity contribution is 6.25. The predicted molar refractivity (Wildman–Crippen MR) is 77.3 cm³/mol. The van der Waals surface area contributed by atoms with Crippen LogP contribution in [0.15, 0.2) is 41.3 Å². The molecule has 1 aliphatic heterocycles. The lowest BCUT2D eigenvalue weighted by Crippen LogP contribution is -2.31. The number of imide groups is 1. The molecule has 8 heteroatoms. The summed E-state index contributed by atoms with van der Waals surface area (Å²) < 4.78 is 37.6. The Morgan fingerprint density at radius 1 is 1.12 bits per heavy atom. The van der Waals surface area contributed by atoms with Crippen LogP contribution in [-0.2, 0) is 20.6 Å². The van der Waals surface area contributed by atoms with Crippen LogP contribution in [0.2, 0.25) is 0 Å². The van der Waals surface area contributed by atoms with Gasteiger partial charge in [-0.1, -0.05) is 12.1 Å². The lowest BCUT2D eigenvalue weighted by molar-refractivity contribution is -0.139. The summed E-state index contributed by atoms with van der Waals surface area (Å²) in [6.07, 6.45) is -3.34. The van der Waals surface area contributed by atoms with Gasteiger partial charge in [0.25, 0.3) is 5.91 Å². The van der Waals surface area contributed by atoms with Gasteiger partial charge in [-0.25, -0.2) is 4.90 Å². The number of alkyl halides is 3. The molecule has 1 aliphatic rings. The third-order valence-electron chi connectivity index (χ3n) is 3.35. The van der Waals surface area contributed by atoms with Crippen LogP contribution in [-0.4, -0.2) is 27.6 Å². The maximum atomic E-state index is 12.5. The highest BCUT2D eigenvalue weighted by atomic mass is 19.4. The van der Waals surface area contributed by atoms with Crippen molar-refractivity contribution in [2.75, 3.05) is 0 Å². The minimum absolute atomic E-state index is 0.216. The minimum atomic E-state index is -4.50. The van der Waals surface area contributed by atoms with Gasteiger partial charge in [0.15, 0.2) is 11.5 Å². The fraction of sp³-hybridized carbons (Fsp3) is 0.188. The van der Waals surface area contributed by atoms with Crippen LogP contribution in [0, 0.1) is 0 Å². The van der Waals surface area contributed by atoms with Crippen LogP contribution < -0.4 is 0 Å². The average Bonchev–Trinajstić information content (AvgIpc) is 2.69. The highest BCUT2D eigenvalue weighted by Crippen LogP contribution is 2.32. The fourth-order valence-corrected chi connectivity index (χ4v) is 2.25. The Morgan fingerprint density at radius 2 is 1.67 bits per heavy atom. The number of benzene rings is 1. The van der Waals surface area contributed by atoms with Crippen molar-refractivity contribution in [3.8, 4) is 0 Å². The first-order chi connectivity index (χ1) is 11.0. The second-order valence-corrected chi connectivity index (χ2v) is 5.09. The van der Waals surface area contributed by atoms with E-state index in [1.54, 1.807) is 0 Å². The second kappa shape index (κ2) is 5.95. The summed E-state index contributed by atoms with van der Waals surface area (Å²) in [5.41, 5.74) is -1.44. The van der Waals surface area contributed by atoms with E-state index < -0.39 is 40.7 Å². The number of rotatable bonds is 2. The van der Waals surface area contributed by atoms with Gasteiger partial charge in [-0.15, -0.1) is 0 Å². The molecule has 2 amide bonds. The zero-order chi connectivity index (χ0) is 18.2. The van der Waals surface area contributed by atoms with Gasteiger partial charge in [0, 0.05) is 6.92 Å². The molecule has 0 unspecified atom stereocenters. The molecule has 1 aromatic carbocycles. The number of carbonyl (C=O) groups excluding carboxylic acids is 3. The van der Waals surface area contributed by atoms with E-state index in [2.05, 4.69) is 0 Å². The van der Waals surface area contributed by atoms with E-state index >= 15 is 0 Å². The molecule has 0 spiro atoms. The Hall–Kier alpha value is -2.90. The summed E-state index contributed by atoms with van der Waals surface area (Å²) in [5, 5.41) is 10.0. The largest absolute Gasteiger partial charge is 0.505 e. The van der Waals surface area contributed by atoms with Crippen LogP contribution in [0.3, 0.4) is 0 Å². The van der Waals surface area contributed by atoms with E-state index in [0.717, 1.165) is 44.2 Å². The van der Waals surface area contributed by atoms with E-state index in [-0.39, 0.29) is 11.3 Å². The lowest BCUT2D eigenvalue weighted by Gasteiger charge is -2.14. The molecule has 2 rings (SSSR count). The van der Waals surface area contributed by atoms with Gasteiger partial charge >= 0.3 is 6.18 Å². The van der Waals surface area contributed by atoms with Gasteiger partial charge in [-0.3, -0.25) is 14.4 Å². The number of ketones is 1. The molecule has 24 heavy (non-hydrogen) atoms. The van der Waals surface area contributed by atoms with E-state index in [1.807, 2.05) is 0 Å². The third-order valence-corrected chi connectivity index (χ3v) is 3.35. The molecule has 0 aliphatic carbocycles. The molecule has 1 N–H and O–H groups in total. The number of aliphatic hydroxyl groups is 1. The fourth-order valence-electron chi connectivity index (χ4n) is 2.25. The minimum Gasteiger partial charge on any atom is -0.505 e. The number of amides is 2. The monoisotopic (exact) mass is 339 g/mol. The maximum absolute atomic E-state index is 12.5. The number of Topliss-reactive ketones (excluding diaryl/α,β-unsaturated/α-hetero) is 1. The first kappa shape index (κ1) is 17.5. The Balaban J connectivity index is 2.51. The predicted octanol–water partition coefficient (Wildman–Crippen LogP) is 2.84. The number of hydrogen-bond acceptors (Lipinski definition) is 4. The standard InChI is InChI=1S/C16H12F3NO4/c1-8(21)13-14(23)12(20(9(2)22)15(13)24)7-10-3-5-11(6-4-10)16(17,18)19/h3-7,23H,1-2H3/b12-7-. The average molecular weight is 339 g/mol. The molecule has 0 atom stereocenters. The highest BCUT2D eigenvalue weighted by Gasteiger charge is 2.40. The number of halogens is 3. The summed E-state index contributed by atoms with van der Waals surface area (Å²) >= 11 is 0. The molecule has 0 fully saturated rings. The molecule has 5 nitrogen and oxygen atoms in total. The van der Waals surface area contributed by atoms with Crippen LogP contribution in [0.1, 0.15) is 25.0 Å². The Bertz CT molecular complexity index is 789. The van der Waals surface area contributed by atoms with Crippen molar-refractivity contribution in [2.24, 2.45) is 0 Å².